The molecule has 0 aromatic carbocycles. The van der Waals surface area contributed by atoms with Crippen LogP contribution in [-0.4, -0.2) is 22.5 Å². The van der Waals surface area contributed by atoms with Crippen LogP contribution in [0.25, 0.3) is 0 Å². The summed E-state index contributed by atoms with van der Waals surface area (Å²) in [6.07, 6.45) is -0.676. The fraction of sp³-hybridized carbons (Fsp3) is 0.231. The van der Waals surface area contributed by atoms with Gasteiger partial charge in [-0.15, -0.1) is 0 Å². The predicted molar refractivity (Wildman–Crippen MR) is 70.6 cm³/mol. The van der Waals surface area contributed by atoms with Crippen LogP contribution in [-0.2, 0) is 0 Å². The maximum Gasteiger partial charge on any atom is 0.269 e. The average molecular weight is 262 g/mol. The summed E-state index contributed by atoms with van der Waals surface area (Å²) in [6.45, 7) is 2.02. The van der Waals surface area contributed by atoms with Crippen molar-refractivity contribution in [2.24, 2.45) is 0 Å². The zero-order valence-electron chi connectivity index (χ0n) is 9.96. The zero-order chi connectivity index (χ0) is 13.0. The summed E-state index contributed by atoms with van der Waals surface area (Å²) in [5, 5.41) is 16.3. The molecule has 0 bridgehead atoms. The maximum absolute atomic E-state index is 11.8. The lowest BCUT2D eigenvalue weighted by Gasteiger charge is -2.10. The Balaban J connectivity index is 1.92. The van der Waals surface area contributed by atoms with Crippen molar-refractivity contribution in [2.45, 2.75) is 13.0 Å². The van der Waals surface area contributed by atoms with Crippen molar-refractivity contribution >= 4 is 17.2 Å². The Hall–Kier alpha value is -1.72. The van der Waals surface area contributed by atoms with Crippen molar-refractivity contribution < 1.29 is 9.90 Å². The van der Waals surface area contributed by atoms with E-state index in [4.69, 9.17) is 0 Å². The summed E-state index contributed by atoms with van der Waals surface area (Å²) >= 11 is 1.52. The number of nitrogens with zero attached hydrogens (tertiary/aromatic N) is 1. The molecule has 0 saturated carbocycles. The van der Waals surface area contributed by atoms with E-state index >= 15 is 0 Å². The largest absolute Gasteiger partial charge is 0.387 e. The van der Waals surface area contributed by atoms with Gasteiger partial charge in [0.25, 0.3) is 5.91 Å². The summed E-state index contributed by atoms with van der Waals surface area (Å²) in [5.74, 6) is -0.270. The SMILES string of the molecule is Cc1cccc(C(=O)NCC(O)c2ccsc2)n1. The van der Waals surface area contributed by atoms with Crippen molar-refractivity contribution in [3.63, 3.8) is 0 Å². The van der Waals surface area contributed by atoms with Gasteiger partial charge in [0.1, 0.15) is 5.69 Å². The summed E-state index contributed by atoms with van der Waals surface area (Å²) in [4.78, 5) is 15.9. The second kappa shape index (κ2) is 5.75. The molecule has 0 fully saturated rings. The molecular weight excluding hydrogens is 248 g/mol. The normalized spacial score (nSPS) is 12.1. The van der Waals surface area contributed by atoms with Crippen molar-refractivity contribution in [1.29, 1.82) is 0 Å². The number of amides is 1. The van der Waals surface area contributed by atoms with E-state index in [0.29, 0.717) is 5.69 Å². The molecule has 0 radical (unpaired) electrons. The van der Waals surface area contributed by atoms with Gasteiger partial charge in [-0.2, -0.15) is 11.3 Å². The highest BCUT2D eigenvalue weighted by atomic mass is 32.1. The van der Waals surface area contributed by atoms with Crippen molar-refractivity contribution in [3.05, 3.63) is 52.0 Å². The third kappa shape index (κ3) is 3.15. The minimum atomic E-state index is -0.676. The van der Waals surface area contributed by atoms with E-state index in [-0.39, 0.29) is 12.5 Å². The highest BCUT2D eigenvalue weighted by Gasteiger charge is 2.11. The minimum Gasteiger partial charge on any atom is -0.387 e. The Labute approximate surface area is 109 Å². The molecule has 1 unspecified atom stereocenters. The van der Waals surface area contributed by atoms with Gasteiger partial charge in [0.05, 0.1) is 6.10 Å². The topological polar surface area (TPSA) is 62.2 Å². The molecule has 0 aliphatic rings. The van der Waals surface area contributed by atoms with E-state index in [1.54, 1.807) is 12.1 Å². The van der Waals surface area contributed by atoms with Gasteiger partial charge in [-0.25, -0.2) is 4.98 Å². The van der Waals surface area contributed by atoms with Gasteiger partial charge < -0.3 is 10.4 Å². The van der Waals surface area contributed by atoms with Gasteiger partial charge >= 0.3 is 0 Å². The Morgan fingerprint density at radius 1 is 1.50 bits per heavy atom. The van der Waals surface area contributed by atoms with Crippen LogP contribution in [0.15, 0.2) is 35.0 Å². The van der Waals surface area contributed by atoms with Crippen LogP contribution >= 0.6 is 11.3 Å². The molecule has 94 valence electrons. The van der Waals surface area contributed by atoms with Crippen LogP contribution in [0.5, 0.6) is 0 Å². The first kappa shape index (κ1) is 12.7. The number of pyridine rings is 1. The molecular formula is C13H14N2O2S. The average Bonchev–Trinajstić information content (AvgIpc) is 2.89. The second-order valence-corrected chi connectivity index (χ2v) is 4.73. The fourth-order valence-electron chi connectivity index (χ4n) is 1.53. The number of carbonyl (C=O) groups is 1. The van der Waals surface area contributed by atoms with E-state index in [2.05, 4.69) is 10.3 Å². The smallest absolute Gasteiger partial charge is 0.269 e. The van der Waals surface area contributed by atoms with Crippen molar-refractivity contribution in [3.8, 4) is 0 Å². The molecule has 1 amide bonds. The van der Waals surface area contributed by atoms with E-state index in [1.807, 2.05) is 29.8 Å². The third-order valence-corrected chi connectivity index (χ3v) is 3.21. The molecule has 5 heteroatoms. The van der Waals surface area contributed by atoms with Gasteiger partial charge in [-0.05, 0) is 41.4 Å². The lowest BCUT2D eigenvalue weighted by atomic mass is 10.2. The molecule has 4 nitrogen and oxygen atoms in total. The summed E-state index contributed by atoms with van der Waals surface area (Å²) in [7, 11) is 0. The van der Waals surface area contributed by atoms with Crippen LogP contribution in [0.2, 0.25) is 0 Å². The zero-order valence-corrected chi connectivity index (χ0v) is 10.8. The Morgan fingerprint density at radius 3 is 3.00 bits per heavy atom. The molecule has 2 aromatic heterocycles. The first-order chi connectivity index (χ1) is 8.66. The number of hydrogen-bond donors (Lipinski definition) is 2. The highest BCUT2D eigenvalue weighted by molar-refractivity contribution is 7.07. The van der Waals surface area contributed by atoms with Crippen LogP contribution in [0.1, 0.15) is 27.8 Å². The molecule has 0 aliphatic carbocycles. The molecule has 0 aliphatic heterocycles. The van der Waals surface area contributed by atoms with Crippen LogP contribution in [0.4, 0.5) is 0 Å². The number of aryl methyl sites for hydroxylation is 1. The number of aromatic nitrogens is 1. The Morgan fingerprint density at radius 2 is 2.33 bits per heavy atom. The van der Waals surface area contributed by atoms with E-state index in [9.17, 15) is 9.90 Å². The number of carbonyl (C=O) groups excluding carboxylic acids is 1. The van der Waals surface area contributed by atoms with Crippen molar-refractivity contribution in [1.82, 2.24) is 10.3 Å². The number of rotatable bonds is 4. The minimum absolute atomic E-state index is 0.186. The van der Waals surface area contributed by atoms with Crippen LogP contribution in [0, 0.1) is 6.92 Å². The van der Waals surface area contributed by atoms with E-state index < -0.39 is 6.10 Å². The Bertz CT molecular complexity index is 526. The molecule has 1 atom stereocenters. The van der Waals surface area contributed by atoms with Gasteiger partial charge in [-0.3, -0.25) is 4.79 Å². The first-order valence-electron chi connectivity index (χ1n) is 5.59. The van der Waals surface area contributed by atoms with Crippen LogP contribution in [0.3, 0.4) is 0 Å². The third-order valence-electron chi connectivity index (χ3n) is 2.50. The number of aliphatic hydroxyl groups is 1. The Kier molecular flexibility index (Phi) is 4.07. The van der Waals surface area contributed by atoms with Crippen LogP contribution < -0.4 is 5.32 Å². The molecule has 2 rings (SSSR count). The number of hydrogen-bond acceptors (Lipinski definition) is 4. The summed E-state index contributed by atoms with van der Waals surface area (Å²) in [5.41, 5.74) is 1.98. The summed E-state index contributed by atoms with van der Waals surface area (Å²) < 4.78 is 0. The standard InChI is InChI=1S/C13H14N2O2S/c1-9-3-2-4-11(15-9)13(17)14-7-12(16)10-5-6-18-8-10/h2-6,8,12,16H,7H2,1H3,(H,14,17). The lowest BCUT2D eigenvalue weighted by molar-refractivity contribution is 0.0911. The van der Waals surface area contributed by atoms with Gasteiger partial charge in [0.15, 0.2) is 0 Å². The quantitative estimate of drug-likeness (QED) is 0.884. The van der Waals surface area contributed by atoms with Gasteiger partial charge in [-0.1, -0.05) is 6.07 Å². The van der Waals surface area contributed by atoms with E-state index in [1.165, 1.54) is 11.3 Å². The predicted octanol–water partition coefficient (Wildman–Crippen LogP) is 1.91. The number of aliphatic hydroxyl groups excluding tert-OH is 1. The summed E-state index contributed by atoms with van der Waals surface area (Å²) in [6, 6.07) is 7.11. The molecule has 0 saturated heterocycles. The van der Waals surface area contributed by atoms with Gasteiger partial charge in [0, 0.05) is 12.2 Å². The molecule has 2 aromatic rings. The van der Waals surface area contributed by atoms with Crippen molar-refractivity contribution in [2.75, 3.05) is 6.54 Å². The number of thiophene rings is 1. The van der Waals surface area contributed by atoms with E-state index in [0.717, 1.165) is 11.3 Å². The lowest BCUT2D eigenvalue weighted by Crippen LogP contribution is -2.29. The highest BCUT2D eigenvalue weighted by Crippen LogP contribution is 2.15. The molecule has 2 heterocycles. The molecule has 0 spiro atoms. The molecule has 18 heavy (non-hydrogen) atoms. The first-order valence-corrected chi connectivity index (χ1v) is 6.53. The number of nitrogens with one attached hydrogen (secondary N) is 1. The fourth-order valence-corrected chi connectivity index (χ4v) is 2.24. The second-order valence-electron chi connectivity index (χ2n) is 3.95. The monoisotopic (exact) mass is 262 g/mol. The maximum atomic E-state index is 11.8. The molecule has 2 N–H and O–H groups in total. The van der Waals surface area contributed by atoms with Gasteiger partial charge in [0.2, 0.25) is 0 Å².